The van der Waals surface area contributed by atoms with Crippen LogP contribution < -0.4 is 0 Å². The second-order valence-corrected chi connectivity index (χ2v) is 5.44. The first-order valence-corrected chi connectivity index (χ1v) is 7.10. The van der Waals surface area contributed by atoms with Crippen molar-refractivity contribution >= 4 is 22.6 Å². The number of hydrogen-bond acceptors (Lipinski definition) is 1. The van der Waals surface area contributed by atoms with E-state index in [9.17, 15) is 4.79 Å². The Hall–Kier alpha value is -2.67. The smallest absolute Gasteiger partial charge is 0.186 e. The summed E-state index contributed by atoms with van der Waals surface area (Å²) in [6.45, 7) is 2.12. The van der Waals surface area contributed by atoms with Crippen LogP contribution in [0.25, 0.3) is 28.0 Å². The van der Waals surface area contributed by atoms with Crippen molar-refractivity contribution in [1.82, 2.24) is 0 Å². The third-order valence-electron chi connectivity index (χ3n) is 4.19. The molecule has 0 atom stereocenters. The lowest BCUT2D eigenvalue weighted by molar-refractivity contribution is 0.104. The van der Waals surface area contributed by atoms with Gasteiger partial charge in [0.1, 0.15) is 0 Å². The second-order valence-electron chi connectivity index (χ2n) is 5.44. The minimum absolute atomic E-state index is 0.0926. The Morgan fingerprint density at radius 1 is 0.714 bits per heavy atom. The summed E-state index contributed by atoms with van der Waals surface area (Å²) in [5.41, 5.74) is 5.59. The van der Waals surface area contributed by atoms with E-state index in [1.54, 1.807) is 6.08 Å². The highest BCUT2D eigenvalue weighted by atomic mass is 16.1. The number of allylic oxidation sites excluding steroid dienone is 1. The zero-order valence-electron chi connectivity index (χ0n) is 11.8. The van der Waals surface area contributed by atoms with Crippen molar-refractivity contribution in [3.8, 4) is 11.1 Å². The maximum absolute atomic E-state index is 12.1. The van der Waals surface area contributed by atoms with Gasteiger partial charge in [-0.2, -0.15) is 0 Å². The summed E-state index contributed by atoms with van der Waals surface area (Å²) >= 11 is 0. The van der Waals surface area contributed by atoms with Crippen LogP contribution in [-0.4, -0.2) is 5.78 Å². The van der Waals surface area contributed by atoms with Gasteiger partial charge in [-0.15, -0.1) is 0 Å². The lowest BCUT2D eigenvalue weighted by Gasteiger charge is -2.16. The van der Waals surface area contributed by atoms with Crippen molar-refractivity contribution in [2.24, 2.45) is 0 Å². The average Bonchev–Trinajstić information content (AvgIpc) is 2.52. The van der Waals surface area contributed by atoms with E-state index < -0.39 is 0 Å². The summed E-state index contributed by atoms with van der Waals surface area (Å²) in [6, 6.07) is 18.6. The van der Waals surface area contributed by atoms with E-state index in [0.717, 1.165) is 21.9 Å². The van der Waals surface area contributed by atoms with E-state index in [0.29, 0.717) is 0 Å². The molecular formula is C20H14O. The van der Waals surface area contributed by atoms with E-state index in [1.807, 2.05) is 18.2 Å². The fourth-order valence-corrected chi connectivity index (χ4v) is 3.14. The zero-order valence-corrected chi connectivity index (χ0v) is 11.8. The highest BCUT2D eigenvalue weighted by molar-refractivity contribution is 6.21. The Balaban J connectivity index is 2.13. The maximum Gasteiger partial charge on any atom is 0.186 e. The van der Waals surface area contributed by atoms with Crippen molar-refractivity contribution in [2.45, 2.75) is 6.92 Å². The van der Waals surface area contributed by atoms with Crippen LogP contribution in [0.15, 0.2) is 60.7 Å². The number of carbonyl (C=O) groups excluding carboxylic acids is 1. The SMILES string of the molecule is Cc1ccccc1-c1ccc2c3c(cccc13)C(=O)C=C2. The second kappa shape index (κ2) is 4.42. The Morgan fingerprint density at radius 3 is 2.38 bits per heavy atom. The van der Waals surface area contributed by atoms with Crippen LogP contribution >= 0.6 is 0 Å². The monoisotopic (exact) mass is 270 g/mol. The molecule has 3 aromatic rings. The molecule has 0 amide bonds. The fourth-order valence-electron chi connectivity index (χ4n) is 3.14. The van der Waals surface area contributed by atoms with Crippen LogP contribution in [0.5, 0.6) is 0 Å². The Bertz CT molecular complexity index is 916. The normalized spacial score (nSPS) is 12.9. The number of ketones is 1. The Morgan fingerprint density at radius 2 is 1.52 bits per heavy atom. The molecule has 1 nitrogen and oxygen atoms in total. The molecule has 0 aromatic heterocycles. The molecule has 1 heteroatoms. The van der Waals surface area contributed by atoms with Gasteiger partial charge < -0.3 is 0 Å². The first kappa shape index (κ1) is 12.1. The summed E-state index contributed by atoms with van der Waals surface area (Å²) in [6.07, 6.45) is 3.57. The van der Waals surface area contributed by atoms with Crippen molar-refractivity contribution in [3.63, 3.8) is 0 Å². The summed E-state index contributed by atoms with van der Waals surface area (Å²) in [7, 11) is 0. The van der Waals surface area contributed by atoms with Crippen molar-refractivity contribution < 1.29 is 4.79 Å². The van der Waals surface area contributed by atoms with Crippen LogP contribution in [0.1, 0.15) is 21.5 Å². The predicted molar refractivity (Wildman–Crippen MR) is 87.5 cm³/mol. The molecule has 0 bridgehead atoms. The van der Waals surface area contributed by atoms with E-state index in [-0.39, 0.29) is 5.78 Å². The third kappa shape index (κ3) is 1.74. The molecule has 1 aliphatic carbocycles. The predicted octanol–water partition coefficient (Wildman–Crippen LogP) is 5.02. The lowest BCUT2D eigenvalue weighted by Crippen LogP contribution is -2.02. The lowest BCUT2D eigenvalue weighted by atomic mass is 9.87. The van der Waals surface area contributed by atoms with E-state index >= 15 is 0 Å². The fraction of sp³-hybridized carbons (Fsp3) is 0.0500. The number of aryl methyl sites for hydroxylation is 1. The standard InChI is InChI=1S/C20H14O/c1-13-5-2-3-6-15(13)16-11-9-14-10-12-19(21)18-8-4-7-17(16)20(14)18/h2-12H,1H3. The molecule has 21 heavy (non-hydrogen) atoms. The molecule has 0 saturated carbocycles. The molecule has 0 fully saturated rings. The van der Waals surface area contributed by atoms with Gasteiger partial charge in [-0.3, -0.25) is 4.79 Å². The minimum atomic E-state index is 0.0926. The van der Waals surface area contributed by atoms with Crippen LogP contribution in [0.4, 0.5) is 0 Å². The molecular weight excluding hydrogens is 256 g/mol. The maximum atomic E-state index is 12.1. The molecule has 0 spiro atoms. The van der Waals surface area contributed by atoms with Gasteiger partial charge in [-0.05, 0) is 40.6 Å². The molecule has 0 saturated heterocycles. The van der Waals surface area contributed by atoms with Gasteiger partial charge in [-0.1, -0.05) is 60.7 Å². The van der Waals surface area contributed by atoms with Crippen LogP contribution in [-0.2, 0) is 0 Å². The van der Waals surface area contributed by atoms with Gasteiger partial charge in [0.15, 0.2) is 5.78 Å². The van der Waals surface area contributed by atoms with E-state index in [4.69, 9.17) is 0 Å². The van der Waals surface area contributed by atoms with Gasteiger partial charge in [0.2, 0.25) is 0 Å². The molecule has 1 aliphatic rings. The highest BCUT2D eigenvalue weighted by Gasteiger charge is 2.17. The topological polar surface area (TPSA) is 17.1 Å². The molecule has 0 heterocycles. The van der Waals surface area contributed by atoms with Crippen molar-refractivity contribution in [1.29, 1.82) is 0 Å². The molecule has 4 rings (SSSR count). The van der Waals surface area contributed by atoms with E-state index in [1.165, 1.54) is 16.7 Å². The van der Waals surface area contributed by atoms with E-state index in [2.05, 4.69) is 49.4 Å². The molecule has 0 aliphatic heterocycles. The summed E-state index contributed by atoms with van der Waals surface area (Å²) in [5, 5.41) is 2.22. The zero-order chi connectivity index (χ0) is 14.4. The van der Waals surface area contributed by atoms with Gasteiger partial charge >= 0.3 is 0 Å². The molecule has 0 radical (unpaired) electrons. The van der Waals surface area contributed by atoms with Gasteiger partial charge in [-0.25, -0.2) is 0 Å². The summed E-state index contributed by atoms with van der Waals surface area (Å²) in [5.74, 6) is 0.0926. The Labute approximate surface area is 123 Å². The van der Waals surface area contributed by atoms with Crippen LogP contribution in [0, 0.1) is 6.92 Å². The summed E-state index contributed by atoms with van der Waals surface area (Å²) in [4.78, 5) is 12.1. The Kier molecular flexibility index (Phi) is 2.55. The first-order chi connectivity index (χ1) is 10.3. The molecule has 0 N–H and O–H groups in total. The van der Waals surface area contributed by atoms with Gasteiger partial charge in [0.05, 0.1) is 0 Å². The van der Waals surface area contributed by atoms with Gasteiger partial charge in [0.25, 0.3) is 0 Å². The molecule has 3 aromatic carbocycles. The quantitative estimate of drug-likeness (QED) is 0.606. The number of hydrogen-bond donors (Lipinski definition) is 0. The molecule has 0 unspecified atom stereocenters. The average molecular weight is 270 g/mol. The minimum Gasteiger partial charge on any atom is -0.289 e. The number of benzene rings is 3. The third-order valence-corrected chi connectivity index (χ3v) is 4.19. The van der Waals surface area contributed by atoms with Crippen LogP contribution in [0.3, 0.4) is 0 Å². The van der Waals surface area contributed by atoms with Gasteiger partial charge in [0, 0.05) is 10.9 Å². The number of carbonyl (C=O) groups is 1. The largest absolute Gasteiger partial charge is 0.289 e. The summed E-state index contributed by atoms with van der Waals surface area (Å²) < 4.78 is 0. The highest BCUT2D eigenvalue weighted by Crippen LogP contribution is 2.36. The van der Waals surface area contributed by atoms with Crippen molar-refractivity contribution in [2.75, 3.05) is 0 Å². The van der Waals surface area contributed by atoms with Crippen molar-refractivity contribution in [3.05, 3.63) is 77.4 Å². The number of rotatable bonds is 1. The van der Waals surface area contributed by atoms with Crippen LogP contribution in [0.2, 0.25) is 0 Å². The molecule has 100 valence electrons. The first-order valence-electron chi connectivity index (χ1n) is 7.10.